The van der Waals surface area contributed by atoms with Gasteiger partial charge in [0.15, 0.2) is 0 Å². The molecule has 3 aromatic heterocycles. The molecule has 1 aliphatic carbocycles. The Labute approximate surface area is 320 Å². The smallest absolute Gasteiger partial charge is 0.476 e. The van der Waals surface area contributed by atoms with E-state index in [1.54, 1.807) is 77.4 Å². The summed E-state index contributed by atoms with van der Waals surface area (Å²) in [5.41, 5.74) is 0.630. The number of carbonyl (C=O) groups is 2. The molecule has 2 atom stereocenters. The van der Waals surface area contributed by atoms with Crippen LogP contribution in [0.1, 0.15) is 117 Å². The van der Waals surface area contributed by atoms with Gasteiger partial charge in [-0.1, -0.05) is 19.9 Å². The van der Waals surface area contributed by atoms with E-state index in [9.17, 15) is 24.1 Å². The number of thiazole rings is 1. The zero-order valence-electron chi connectivity index (χ0n) is 32.7. The standard InChI is InChI=1S/C39H52N5O8PS/c1-11-40-37(48)43-33-18-26(35-42-30(21-54-35)24-12-13-24)28(19-41-33)25-14-15-31-27(17-25)34(45)29(36(46)47)20-44(31)32(16-22(2)3)23(4)50-53(49,51-38(5,6)7)52-39(8,9)10/h14-15,17-24,32H,11-13,16H2,1-10H3,(H,46,47)(H2,40,41,43,48). The lowest BCUT2D eigenvalue weighted by Crippen LogP contribution is -2.31. The highest BCUT2D eigenvalue weighted by molar-refractivity contribution is 7.48. The van der Waals surface area contributed by atoms with Gasteiger partial charge in [0, 0.05) is 46.7 Å². The molecule has 1 aliphatic rings. The van der Waals surface area contributed by atoms with Crippen molar-refractivity contribution < 1.29 is 32.8 Å². The molecule has 1 saturated carbocycles. The van der Waals surface area contributed by atoms with E-state index < -0.39 is 54.2 Å². The highest BCUT2D eigenvalue weighted by Gasteiger charge is 2.41. The van der Waals surface area contributed by atoms with E-state index in [1.165, 1.54) is 17.5 Å². The highest BCUT2D eigenvalue weighted by atomic mass is 32.1. The van der Waals surface area contributed by atoms with E-state index in [0.29, 0.717) is 46.9 Å². The Morgan fingerprint density at radius 1 is 1.06 bits per heavy atom. The zero-order valence-corrected chi connectivity index (χ0v) is 34.4. The van der Waals surface area contributed by atoms with Crippen LogP contribution in [0.5, 0.6) is 0 Å². The molecule has 2 unspecified atom stereocenters. The van der Waals surface area contributed by atoms with Gasteiger partial charge in [0.2, 0.25) is 5.43 Å². The maximum atomic E-state index is 14.2. The van der Waals surface area contributed by atoms with Crippen molar-refractivity contribution in [2.75, 3.05) is 11.9 Å². The van der Waals surface area contributed by atoms with E-state index in [4.69, 9.17) is 18.6 Å². The molecule has 0 bridgehead atoms. The number of hydrogen-bond acceptors (Lipinski definition) is 10. The van der Waals surface area contributed by atoms with Crippen LogP contribution in [0.4, 0.5) is 10.6 Å². The number of amides is 2. The molecule has 1 fully saturated rings. The number of nitrogens with zero attached hydrogens (tertiary/aromatic N) is 3. The Balaban J connectivity index is 1.66. The lowest BCUT2D eigenvalue weighted by atomic mass is 9.96. The summed E-state index contributed by atoms with van der Waals surface area (Å²) in [5.74, 6) is -0.531. The van der Waals surface area contributed by atoms with Gasteiger partial charge in [0.05, 0.1) is 34.6 Å². The first kappa shape index (κ1) is 41.2. The fourth-order valence-electron chi connectivity index (χ4n) is 6.20. The monoisotopic (exact) mass is 781 g/mol. The van der Waals surface area contributed by atoms with E-state index in [2.05, 4.69) is 15.6 Å². The molecule has 292 valence electrons. The summed E-state index contributed by atoms with van der Waals surface area (Å²) in [6.07, 6.45) is 4.80. The number of aromatic nitrogens is 3. The van der Waals surface area contributed by atoms with Crippen molar-refractivity contribution in [2.45, 2.75) is 118 Å². The van der Waals surface area contributed by atoms with Gasteiger partial charge in [-0.3, -0.25) is 23.7 Å². The number of nitrogens with one attached hydrogen (secondary N) is 2. The summed E-state index contributed by atoms with van der Waals surface area (Å²) in [7, 11) is -4.17. The number of phosphoric acid groups is 1. The first-order valence-corrected chi connectivity index (χ1v) is 20.6. The molecule has 0 radical (unpaired) electrons. The van der Waals surface area contributed by atoms with Crippen LogP contribution < -0.4 is 16.1 Å². The van der Waals surface area contributed by atoms with Crippen LogP contribution in [0.15, 0.2) is 46.8 Å². The second-order valence-electron chi connectivity index (χ2n) is 16.1. The number of urea groups is 1. The Kier molecular flexibility index (Phi) is 12.2. The molecule has 3 heterocycles. The number of carboxylic acids is 1. The Hall–Kier alpha value is -3.94. The SMILES string of the molecule is CCNC(=O)Nc1cc(-c2nc(C3CC3)cs2)c(-c2ccc3c(c2)c(=O)c(C(=O)O)cn3C(CC(C)C)C(C)OP(=O)(OC(C)(C)C)OC(C)(C)C)cn1. The number of fused-ring (bicyclic) bond motifs is 1. The van der Waals surface area contributed by atoms with Crippen LogP contribution in [0.2, 0.25) is 0 Å². The first-order valence-electron chi connectivity index (χ1n) is 18.3. The minimum absolute atomic E-state index is 0.0912. The van der Waals surface area contributed by atoms with E-state index in [0.717, 1.165) is 23.5 Å². The third-order valence-corrected chi connectivity index (χ3v) is 11.5. The number of carboxylic acid groups (broad SMARTS) is 1. The van der Waals surface area contributed by atoms with Crippen molar-refractivity contribution >= 4 is 47.9 Å². The lowest BCUT2D eigenvalue weighted by Gasteiger charge is -2.35. The number of anilines is 1. The predicted octanol–water partition coefficient (Wildman–Crippen LogP) is 9.63. The van der Waals surface area contributed by atoms with Gasteiger partial charge in [-0.25, -0.2) is 24.1 Å². The quantitative estimate of drug-likeness (QED) is 0.105. The van der Waals surface area contributed by atoms with Crippen molar-refractivity contribution in [3.8, 4) is 21.7 Å². The molecule has 5 rings (SSSR count). The van der Waals surface area contributed by atoms with Gasteiger partial charge in [-0.05, 0) is 104 Å². The van der Waals surface area contributed by atoms with Gasteiger partial charge in [0.1, 0.15) is 16.4 Å². The molecule has 0 spiro atoms. The lowest BCUT2D eigenvalue weighted by molar-refractivity contribution is -0.0175. The summed E-state index contributed by atoms with van der Waals surface area (Å²) >= 11 is 1.49. The maximum absolute atomic E-state index is 14.2. The average molecular weight is 782 g/mol. The van der Waals surface area contributed by atoms with Gasteiger partial charge in [-0.2, -0.15) is 0 Å². The fraction of sp³-hybridized carbons (Fsp3) is 0.513. The first-order chi connectivity index (χ1) is 25.2. The fourth-order valence-corrected chi connectivity index (χ4v) is 9.14. The minimum Gasteiger partial charge on any atom is -0.477 e. The van der Waals surface area contributed by atoms with Gasteiger partial charge in [-0.15, -0.1) is 11.3 Å². The van der Waals surface area contributed by atoms with Gasteiger partial charge >= 0.3 is 19.8 Å². The largest absolute Gasteiger partial charge is 0.477 e. The van der Waals surface area contributed by atoms with E-state index >= 15 is 0 Å². The third kappa shape index (κ3) is 10.2. The van der Waals surface area contributed by atoms with Crippen LogP contribution in [0, 0.1) is 5.92 Å². The molecule has 2 amide bonds. The summed E-state index contributed by atoms with van der Waals surface area (Å²) < 4.78 is 34.0. The second kappa shape index (κ2) is 16.0. The summed E-state index contributed by atoms with van der Waals surface area (Å²) in [6, 6.07) is 6.06. The Morgan fingerprint density at radius 2 is 1.72 bits per heavy atom. The molecule has 0 aliphatic heterocycles. The average Bonchev–Trinajstić information content (AvgIpc) is 3.77. The number of hydrogen-bond donors (Lipinski definition) is 3. The van der Waals surface area contributed by atoms with Crippen LogP contribution in [0.3, 0.4) is 0 Å². The summed E-state index contributed by atoms with van der Waals surface area (Å²) in [4.78, 5) is 48.4. The van der Waals surface area contributed by atoms with Crippen LogP contribution >= 0.6 is 19.2 Å². The molecule has 54 heavy (non-hydrogen) atoms. The molecule has 0 saturated heterocycles. The number of rotatable bonds is 14. The number of phosphoric ester groups is 1. The molecule has 15 heteroatoms. The van der Waals surface area contributed by atoms with E-state index in [-0.39, 0.29) is 11.3 Å². The number of aromatic carboxylic acids is 1. The van der Waals surface area contributed by atoms with Gasteiger partial charge in [0.25, 0.3) is 0 Å². The van der Waals surface area contributed by atoms with Crippen molar-refractivity contribution in [3.05, 3.63) is 63.5 Å². The maximum Gasteiger partial charge on any atom is 0.476 e. The zero-order chi connectivity index (χ0) is 39.7. The van der Waals surface area contributed by atoms with E-state index in [1.807, 2.05) is 32.2 Å². The van der Waals surface area contributed by atoms with Crippen molar-refractivity contribution in [3.63, 3.8) is 0 Å². The molecule has 13 nitrogen and oxygen atoms in total. The second-order valence-corrected chi connectivity index (χ2v) is 18.5. The Bertz CT molecular complexity index is 2110. The van der Waals surface area contributed by atoms with Gasteiger partial charge < -0.3 is 15.0 Å². The minimum atomic E-state index is -4.17. The van der Waals surface area contributed by atoms with Crippen molar-refractivity contribution in [2.24, 2.45) is 5.92 Å². The number of pyridine rings is 2. The molecular formula is C39H52N5O8PS. The molecule has 4 aromatic rings. The third-order valence-electron chi connectivity index (χ3n) is 8.48. The van der Waals surface area contributed by atoms with Crippen LogP contribution in [-0.2, 0) is 18.1 Å². The number of benzene rings is 1. The van der Waals surface area contributed by atoms with Crippen molar-refractivity contribution in [1.29, 1.82) is 0 Å². The summed E-state index contributed by atoms with van der Waals surface area (Å²) in [5, 5.41) is 18.7. The predicted molar refractivity (Wildman–Crippen MR) is 212 cm³/mol. The Morgan fingerprint density at radius 3 is 2.30 bits per heavy atom. The number of carbonyl (C=O) groups excluding carboxylic acids is 1. The molecule has 3 N–H and O–H groups in total. The highest BCUT2D eigenvalue weighted by Crippen LogP contribution is 2.57. The molecular weight excluding hydrogens is 729 g/mol. The normalized spacial score (nSPS) is 15.0. The summed E-state index contributed by atoms with van der Waals surface area (Å²) in [6.45, 7) is 18.6. The topological polar surface area (TPSA) is 171 Å². The van der Waals surface area contributed by atoms with Crippen LogP contribution in [0.25, 0.3) is 32.6 Å². The van der Waals surface area contributed by atoms with Crippen LogP contribution in [-0.4, -0.2) is 55.5 Å². The van der Waals surface area contributed by atoms with Crippen molar-refractivity contribution in [1.82, 2.24) is 19.9 Å². The molecule has 1 aromatic carbocycles.